The summed E-state index contributed by atoms with van der Waals surface area (Å²) >= 11 is 0. The van der Waals surface area contributed by atoms with Crippen LogP contribution in [-0.2, 0) is 19.1 Å². The van der Waals surface area contributed by atoms with Crippen LogP contribution in [-0.4, -0.2) is 88.5 Å². The number of nitrogens with zero attached hydrogens (tertiary/aromatic N) is 2. The van der Waals surface area contributed by atoms with Crippen molar-refractivity contribution in [3.63, 3.8) is 0 Å². The van der Waals surface area contributed by atoms with E-state index in [0.717, 1.165) is 47.7 Å². The standard InChI is InChI=1S/C38H78N2O4/c1-8-10-12-14-16-18-20-22-24-26-28-30-37(41)43-35-36(34-40(6,7)33-32-39(3,4)5)44-38(42)31-29-27-25-23-21-19-17-15-13-11-9-2/h36H,8-35H2,1-7H3/q+2/t36-/m0/s1. The van der Waals surface area contributed by atoms with Crippen LogP contribution in [0.3, 0.4) is 0 Å². The highest BCUT2D eigenvalue weighted by Crippen LogP contribution is 2.15. The highest BCUT2D eigenvalue weighted by Gasteiger charge is 2.28. The van der Waals surface area contributed by atoms with E-state index < -0.39 is 6.10 Å². The topological polar surface area (TPSA) is 52.6 Å². The summed E-state index contributed by atoms with van der Waals surface area (Å²) in [6.45, 7) is 7.31. The van der Waals surface area contributed by atoms with E-state index in [4.69, 9.17) is 9.47 Å². The smallest absolute Gasteiger partial charge is 0.306 e. The summed E-state index contributed by atoms with van der Waals surface area (Å²) in [5.41, 5.74) is 0. The van der Waals surface area contributed by atoms with Gasteiger partial charge < -0.3 is 18.4 Å². The molecular formula is C38H78N2O4+2. The van der Waals surface area contributed by atoms with Crippen LogP contribution < -0.4 is 0 Å². The van der Waals surface area contributed by atoms with Gasteiger partial charge in [0, 0.05) is 12.8 Å². The SMILES string of the molecule is CCCCCCCCCCCCCC(=O)OC[C@H](C[N+](C)(C)CC[N+](C)(C)C)OC(=O)CCCCCCCCCCCCC. The van der Waals surface area contributed by atoms with Gasteiger partial charge in [-0.3, -0.25) is 9.59 Å². The van der Waals surface area contributed by atoms with Gasteiger partial charge in [-0.1, -0.05) is 142 Å². The summed E-state index contributed by atoms with van der Waals surface area (Å²) in [4.78, 5) is 25.3. The number of esters is 2. The molecule has 0 aromatic carbocycles. The summed E-state index contributed by atoms with van der Waals surface area (Å²) in [7, 11) is 10.9. The fourth-order valence-corrected chi connectivity index (χ4v) is 5.71. The lowest BCUT2D eigenvalue weighted by molar-refractivity contribution is -0.938. The summed E-state index contributed by atoms with van der Waals surface area (Å²) in [6.07, 6.45) is 28.2. The molecule has 0 heterocycles. The molecule has 0 radical (unpaired) electrons. The van der Waals surface area contributed by atoms with Crippen molar-refractivity contribution >= 4 is 11.9 Å². The van der Waals surface area contributed by atoms with Crippen molar-refractivity contribution in [3.05, 3.63) is 0 Å². The van der Waals surface area contributed by atoms with E-state index in [1.54, 1.807) is 0 Å². The molecule has 0 aromatic heterocycles. The first kappa shape index (κ1) is 42.9. The average Bonchev–Trinajstić information content (AvgIpc) is 2.96. The van der Waals surface area contributed by atoms with Crippen LogP contribution in [0.4, 0.5) is 0 Å². The van der Waals surface area contributed by atoms with Crippen molar-refractivity contribution in [3.8, 4) is 0 Å². The molecule has 262 valence electrons. The van der Waals surface area contributed by atoms with Gasteiger partial charge in [0.1, 0.15) is 26.2 Å². The van der Waals surface area contributed by atoms with E-state index in [0.29, 0.717) is 19.4 Å². The Morgan fingerprint density at radius 3 is 1.25 bits per heavy atom. The molecule has 6 heteroatoms. The third-order valence-electron chi connectivity index (χ3n) is 8.77. The van der Waals surface area contributed by atoms with Gasteiger partial charge in [-0.15, -0.1) is 0 Å². The van der Waals surface area contributed by atoms with E-state index in [9.17, 15) is 9.59 Å². The third kappa shape index (κ3) is 30.9. The third-order valence-corrected chi connectivity index (χ3v) is 8.77. The molecule has 0 aliphatic rings. The number of carbonyl (C=O) groups is 2. The van der Waals surface area contributed by atoms with Gasteiger partial charge in [0.15, 0.2) is 6.10 Å². The predicted octanol–water partition coefficient (Wildman–Crippen LogP) is 9.63. The van der Waals surface area contributed by atoms with Gasteiger partial charge in [-0.05, 0) is 12.8 Å². The molecule has 0 rings (SSSR count). The van der Waals surface area contributed by atoms with Crippen molar-refractivity contribution in [2.24, 2.45) is 0 Å². The zero-order valence-corrected chi connectivity index (χ0v) is 30.9. The van der Waals surface area contributed by atoms with Crippen LogP contribution in [0.5, 0.6) is 0 Å². The lowest BCUT2D eigenvalue weighted by Crippen LogP contribution is -2.53. The van der Waals surface area contributed by atoms with Gasteiger partial charge in [-0.2, -0.15) is 0 Å². The largest absolute Gasteiger partial charge is 0.461 e. The first-order valence-electron chi connectivity index (χ1n) is 19.0. The summed E-state index contributed by atoms with van der Waals surface area (Å²) in [5.74, 6) is -0.317. The molecule has 1 atom stereocenters. The lowest BCUT2D eigenvalue weighted by Gasteiger charge is -2.35. The highest BCUT2D eigenvalue weighted by atomic mass is 16.6. The molecule has 6 nitrogen and oxygen atoms in total. The highest BCUT2D eigenvalue weighted by molar-refractivity contribution is 5.70. The molecule has 0 aliphatic heterocycles. The van der Waals surface area contributed by atoms with Crippen molar-refractivity contribution in [2.75, 3.05) is 61.5 Å². The van der Waals surface area contributed by atoms with E-state index in [1.807, 2.05) is 0 Å². The Kier molecular flexibility index (Phi) is 27.4. The fraction of sp³-hybridized carbons (Fsp3) is 0.947. The first-order valence-corrected chi connectivity index (χ1v) is 19.0. The number of rotatable bonds is 32. The number of ether oxygens (including phenoxy) is 2. The van der Waals surface area contributed by atoms with Crippen LogP contribution in [0.2, 0.25) is 0 Å². The quantitative estimate of drug-likeness (QED) is 0.0424. The van der Waals surface area contributed by atoms with Crippen molar-refractivity contribution < 1.29 is 28.0 Å². The molecule has 0 bridgehead atoms. The Morgan fingerprint density at radius 1 is 0.500 bits per heavy atom. The minimum Gasteiger partial charge on any atom is -0.461 e. The van der Waals surface area contributed by atoms with E-state index in [1.165, 1.54) is 116 Å². The number of hydrogen-bond acceptors (Lipinski definition) is 4. The van der Waals surface area contributed by atoms with Crippen LogP contribution >= 0.6 is 0 Å². The summed E-state index contributed by atoms with van der Waals surface area (Å²) in [6, 6.07) is 0. The molecule has 0 N–H and O–H groups in total. The molecule has 0 saturated carbocycles. The Bertz CT molecular complexity index is 674. The second-order valence-electron chi connectivity index (χ2n) is 15.2. The predicted molar refractivity (Wildman–Crippen MR) is 188 cm³/mol. The van der Waals surface area contributed by atoms with Crippen molar-refractivity contribution in [2.45, 2.75) is 174 Å². The number of unbranched alkanes of at least 4 members (excludes halogenated alkanes) is 20. The Balaban J connectivity index is 4.38. The van der Waals surface area contributed by atoms with E-state index >= 15 is 0 Å². The Labute approximate surface area is 275 Å². The van der Waals surface area contributed by atoms with Gasteiger partial charge >= 0.3 is 11.9 Å². The normalized spacial score (nSPS) is 12.8. The van der Waals surface area contributed by atoms with Crippen LogP contribution in [0.15, 0.2) is 0 Å². The maximum absolute atomic E-state index is 12.8. The fourth-order valence-electron chi connectivity index (χ4n) is 5.71. The van der Waals surface area contributed by atoms with Crippen molar-refractivity contribution in [1.29, 1.82) is 0 Å². The molecule has 0 amide bonds. The summed E-state index contributed by atoms with van der Waals surface area (Å²) in [5, 5.41) is 0. The molecule has 0 aliphatic carbocycles. The van der Waals surface area contributed by atoms with Gasteiger partial charge in [0.25, 0.3) is 0 Å². The van der Waals surface area contributed by atoms with E-state index in [2.05, 4.69) is 49.1 Å². The van der Waals surface area contributed by atoms with Crippen molar-refractivity contribution in [1.82, 2.24) is 0 Å². The van der Waals surface area contributed by atoms with Gasteiger partial charge in [-0.25, -0.2) is 0 Å². The average molecular weight is 627 g/mol. The zero-order valence-electron chi connectivity index (χ0n) is 30.9. The molecule has 0 saturated heterocycles. The molecule has 0 spiro atoms. The van der Waals surface area contributed by atoms with E-state index in [-0.39, 0.29) is 18.5 Å². The monoisotopic (exact) mass is 627 g/mol. The van der Waals surface area contributed by atoms with Gasteiger partial charge in [0.05, 0.1) is 35.2 Å². The van der Waals surface area contributed by atoms with Crippen LogP contribution in [0.1, 0.15) is 168 Å². The molecule has 44 heavy (non-hydrogen) atoms. The number of likely N-dealkylation sites (N-methyl/N-ethyl adjacent to an activating group) is 2. The van der Waals surface area contributed by atoms with Crippen LogP contribution in [0, 0.1) is 0 Å². The minimum atomic E-state index is -0.404. The first-order chi connectivity index (χ1) is 21.0. The molecular weight excluding hydrogens is 548 g/mol. The Morgan fingerprint density at radius 2 is 0.864 bits per heavy atom. The summed E-state index contributed by atoms with van der Waals surface area (Å²) < 4.78 is 13.2. The number of quaternary nitrogens is 2. The number of hydrogen-bond donors (Lipinski definition) is 0. The lowest BCUT2D eigenvalue weighted by atomic mass is 10.1. The molecule has 0 aromatic rings. The second-order valence-corrected chi connectivity index (χ2v) is 15.2. The number of carbonyl (C=O) groups excluding carboxylic acids is 2. The maximum atomic E-state index is 12.8. The van der Waals surface area contributed by atoms with Gasteiger partial charge in [0.2, 0.25) is 0 Å². The molecule has 0 unspecified atom stereocenters. The minimum absolute atomic E-state index is 0.154. The molecule has 0 fully saturated rings. The maximum Gasteiger partial charge on any atom is 0.306 e. The zero-order chi connectivity index (χ0) is 32.9. The second kappa shape index (κ2) is 28.1. The Hall–Kier alpha value is -1.14. The van der Waals surface area contributed by atoms with Crippen LogP contribution in [0.25, 0.3) is 0 Å².